The van der Waals surface area contributed by atoms with Gasteiger partial charge in [-0.15, -0.1) is 0 Å². The number of piperidine rings is 1. The molecular weight excluding hydrogens is 402 g/mol. The first-order chi connectivity index (χ1) is 15.2. The molecular formula is C25H27N5S. The van der Waals surface area contributed by atoms with Gasteiger partial charge < -0.3 is 15.5 Å². The Morgan fingerprint density at radius 2 is 1.74 bits per heavy atom. The van der Waals surface area contributed by atoms with Gasteiger partial charge in [-0.3, -0.25) is 0 Å². The summed E-state index contributed by atoms with van der Waals surface area (Å²) >= 11 is 1.78. The van der Waals surface area contributed by atoms with E-state index in [2.05, 4.69) is 45.9 Å². The highest BCUT2D eigenvalue weighted by Crippen LogP contribution is 2.43. The molecule has 0 bridgehead atoms. The molecule has 2 saturated heterocycles. The smallest absolute Gasteiger partial charge is 0.186 e. The Balaban J connectivity index is 1.49. The number of hydrogen-bond donors (Lipinski definition) is 2. The van der Waals surface area contributed by atoms with E-state index in [1.54, 1.807) is 11.3 Å². The van der Waals surface area contributed by atoms with Crippen LogP contribution in [0, 0.1) is 16.7 Å². The number of nitrogens with one attached hydrogen (secondary N) is 2. The molecule has 6 heteroatoms. The first-order valence-electron chi connectivity index (χ1n) is 10.9. The number of nitriles is 1. The van der Waals surface area contributed by atoms with Crippen LogP contribution in [0.5, 0.6) is 0 Å². The largest absolute Gasteiger partial charge is 0.388 e. The number of hydrogen-bond acceptors (Lipinski definition) is 6. The summed E-state index contributed by atoms with van der Waals surface area (Å²) in [7, 11) is 1.94. The number of aromatic nitrogens is 1. The highest BCUT2D eigenvalue weighted by molar-refractivity contribution is 7.19. The maximum absolute atomic E-state index is 9.16. The second-order valence-electron chi connectivity index (χ2n) is 8.60. The van der Waals surface area contributed by atoms with Crippen molar-refractivity contribution < 1.29 is 0 Å². The Labute approximate surface area is 187 Å². The van der Waals surface area contributed by atoms with Crippen molar-refractivity contribution in [3.05, 3.63) is 54.1 Å². The summed E-state index contributed by atoms with van der Waals surface area (Å²) in [5.41, 5.74) is 5.50. The fourth-order valence-electron chi connectivity index (χ4n) is 4.72. The first kappa shape index (κ1) is 20.0. The van der Waals surface area contributed by atoms with E-state index in [9.17, 15) is 0 Å². The molecule has 5 nitrogen and oxygen atoms in total. The third-order valence-corrected chi connectivity index (χ3v) is 7.93. The van der Waals surface area contributed by atoms with Gasteiger partial charge in [-0.2, -0.15) is 5.26 Å². The highest BCUT2D eigenvalue weighted by atomic mass is 32.1. The molecule has 2 aliphatic rings. The van der Waals surface area contributed by atoms with Crippen LogP contribution in [0.2, 0.25) is 0 Å². The van der Waals surface area contributed by atoms with Crippen LogP contribution in [0.1, 0.15) is 24.8 Å². The summed E-state index contributed by atoms with van der Waals surface area (Å²) in [4.78, 5) is 8.77. The Morgan fingerprint density at radius 1 is 1.03 bits per heavy atom. The predicted molar refractivity (Wildman–Crippen MR) is 129 cm³/mol. The van der Waals surface area contributed by atoms with Crippen molar-refractivity contribution in [2.75, 3.05) is 43.4 Å². The third kappa shape index (κ3) is 3.91. The lowest BCUT2D eigenvalue weighted by Gasteiger charge is -2.38. The number of benzene rings is 2. The average Bonchev–Trinajstić information content (AvgIpc) is 3.48. The van der Waals surface area contributed by atoms with Crippen molar-refractivity contribution in [2.45, 2.75) is 19.3 Å². The number of rotatable bonds is 4. The van der Waals surface area contributed by atoms with E-state index in [0.717, 1.165) is 48.3 Å². The highest BCUT2D eigenvalue weighted by Gasteiger charge is 2.37. The maximum Gasteiger partial charge on any atom is 0.186 e. The molecule has 0 amide bonds. The van der Waals surface area contributed by atoms with Gasteiger partial charge in [-0.25, -0.2) is 4.98 Å². The fourth-order valence-corrected chi connectivity index (χ4v) is 5.87. The van der Waals surface area contributed by atoms with Crippen molar-refractivity contribution in [3.63, 3.8) is 0 Å². The molecule has 1 aromatic heterocycles. The van der Waals surface area contributed by atoms with E-state index in [1.165, 1.54) is 29.7 Å². The predicted octanol–water partition coefficient (Wildman–Crippen LogP) is 4.97. The zero-order valence-corrected chi connectivity index (χ0v) is 18.6. The van der Waals surface area contributed by atoms with Gasteiger partial charge in [0.15, 0.2) is 5.13 Å². The van der Waals surface area contributed by atoms with Crippen molar-refractivity contribution in [1.82, 2.24) is 10.3 Å². The zero-order chi connectivity index (χ0) is 21.3. The van der Waals surface area contributed by atoms with E-state index < -0.39 is 0 Å². The minimum atomic E-state index is 0.496. The van der Waals surface area contributed by atoms with Crippen LogP contribution in [-0.4, -0.2) is 38.2 Å². The molecule has 3 heterocycles. The fraction of sp³-hybridized carbons (Fsp3) is 0.360. The van der Waals surface area contributed by atoms with Crippen LogP contribution in [0.25, 0.3) is 21.7 Å². The monoisotopic (exact) mass is 429 g/mol. The summed E-state index contributed by atoms with van der Waals surface area (Å²) in [6.07, 6.45) is 3.77. The van der Waals surface area contributed by atoms with Gasteiger partial charge in [0, 0.05) is 37.9 Å². The molecule has 0 unspecified atom stereocenters. The quantitative estimate of drug-likeness (QED) is 0.613. The molecule has 2 aromatic carbocycles. The van der Waals surface area contributed by atoms with E-state index in [4.69, 9.17) is 10.2 Å². The minimum Gasteiger partial charge on any atom is -0.388 e. The molecule has 0 saturated carbocycles. The maximum atomic E-state index is 9.16. The molecule has 0 radical (unpaired) electrons. The van der Waals surface area contributed by atoms with Gasteiger partial charge in [-0.05, 0) is 61.1 Å². The van der Waals surface area contributed by atoms with Crippen LogP contribution < -0.4 is 15.5 Å². The molecule has 2 aliphatic heterocycles. The van der Waals surface area contributed by atoms with Crippen molar-refractivity contribution in [3.8, 4) is 27.8 Å². The molecule has 5 rings (SSSR count). The molecule has 0 aliphatic carbocycles. The topological polar surface area (TPSA) is 64.0 Å². The molecule has 3 aromatic rings. The molecule has 2 N–H and O–H groups in total. The normalized spacial score (nSPS) is 17.6. The van der Waals surface area contributed by atoms with Crippen LogP contribution in [0.4, 0.5) is 10.8 Å². The Morgan fingerprint density at radius 3 is 2.35 bits per heavy atom. The number of thiazole rings is 1. The van der Waals surface area contributed by atoms with Crippen LogP contribution in [0.3, 0.4) is 0 Å². The summed E-state index contributed by atoms with van der Waals surface area (Å²) in [6.45, 7) is 4.46. The van der Waals surface area contributed by atoms with Crippen LogP contribution >= 0.6 is 11.3 Å². The van der Waals surface area contributed by atoms with Gasteiger partial charge in [0.1, 0.15) is 0 Å². The van der Waals surface area contributed by atoms with Gasteiger partial charge in [0.05, 0.1) is 22.2 Å². The van der Waals surface area contributed by atoms with Gasteiger partial charge in [-0.1, -0.05) is 35.6 Å². The molecule has 1 spiro atoms. The lowest BCUT2D eigenvalue weighted by molar-refractivity contribution is 0.247. The first-order valence-corrected chi connectivity index (χ1v) is 11.8. The molecule has 0 atom stereocenters. The van der Waals surface area contributed by atoms with Gasteiger partial charge >= 0.3 is 0 Å². The van der Waals surface area contributed by atoms with E-state index >= 15 is 0 Å². The lowest BCUT2D eigenvalue weighted by Crippen LogP contribution is -2.41. The SMILES string of the molecule is CNc1ccc(-c2sc(N3CCC4(CCNC4)CC3)nc2-c2ccc(C#N)cc2)cc1. The lowest BCUT2D eigenvalue weighted by atomic mass is 9.78. The van der Waals surface area contributed by atoms with Crippen molar-refractivity contribution >= 4 is 22.2 Å². The second-order valence-corrected chi connectivity index (χ2v) is 9.58. The molecule has 31 heavy (non-hydrogen) atoms. The standard InChI is InChI=1S/C25H27N5S/c1-27-21-8-6-20(7-9-21)23-22(19-4-2-18(16-26)3-5-19)29-24(31-23)30-14-11-25(12-15-30)10-13-28-17-25/h2-9,27-28H,10-15,17H2,1H3. The van der Waals surface area contributed by atoms with Crippen molar-refractivity contribution in [1.29, 1.82) is 5.26 Å². The average molecular weight is 430 g/mol. The minimum absolute atomic E-state index is 0.496. The number of anilines is 2. The van der Waals surface area contributed by atoms with Crippen LogP contribution in [0.15, 0.2) is 48.5 Å². The van der Waals surface area contributed by atoms with Crippen LogP contribution in [-0.2, 0) is 0 Å². The van der Waals surface area contributed by atoms with E-state index in [-0.39, 0.29) is 0 Å². The summed E-state index contributed by atoms with van der Waals surface area (Å²) in [6, 6.07) is 18.5. The Hall–Kier alpha value is -2.88. The molecule has 158 valence electrons. The summed E-state index contributed by atoms with van der Waals surface area (Å²) in [5.74, 6) is 0. The number of nitrogens with zero attached hydrogens (tertiary/aromatic N) is 3. The zero-order valence-electron chi connectivity index (χ0n) is 17.8. The second kappa shape index (κ2) is 8.33. The Bertz CT molecular complexity index is 1080. The van der Waals surface area contributed by atoms with Gasteiger partial charge in [0.2, 0.25) is 0 Å². The van der Waals surface area contributed by atoms with E-state index in [1.807, 2.05) is 31.3 Å². The molecule has 2 fully saturated rings. The van der Waals surface area contributed by atoms with Crippen molar-refractivity contribution in [2.24, 2.45) is 5.41 Å². The third-order valence-electron chi connectivity index (χ3n) is 6.77. The van der Waals surface area contributed by atoms with Gasteiger partial charge in [0.25, 0.3) is 0 Å². The summed E-state index contributed by atoms with van der Waals surface area (Å²) in [5, 5.41) is 17.0. The summed E-state index contributed by atoms with van der Waals surface area (Å²) < 4.78 is 0. The van der Waals surface area contributed by atoms with E-state index in [0.29, 0.717) is 11.0 Å². The Kier molecular flexibility index (Phi) is 5.39.